The first kappa shape index (κ1) is 28.1. The Morgan fingerprint density at radius 3 is 1.08 bits per heavy atom. The molecular formula is C28H20N4NiO5. The Morgan fingerprint density at radius 1 is 0.500 bits per heavy atom. The molecule has 2 aromatic carbocycles. The van der Waals surface area contributed by atoms with Crippen molar-refractivity contribution in [3.8, 4) is 0 Å². The number of carboxylic acids is 2. The molecule has 10 heteroatoms. The molecule has 0 spiro atoms. The molecule has 2 N–H and O–H groups in total. The van der Waals surface area contributed by atoms with Crippen LogP contribution in [0.3, 0.4) is 0 Å². The Hall–Kier alpha value is -4.53. The van der Waals surface area contributed by atoms with Crippen molar-refractivity contribution < 1.29 is 41.8 Å². The van der Waals surface area contributed by atoms with Gasteiger partial charge in [-0.25, -0.2) is 9.97 Å². The van der Waals surface area contributed by atoms with Crippen molar-refractivity contribution in [1.29, 1.82) is 0 Å². The Morgan fingerprint density at radius 2 is 0.763 bits per heavy atom. The summed E-state index contributed by atoms with van der Waals surface area (Å²) in [6, 6.07) is 21.8. The second-order valence-electron chi connectivity index (χ2n) is 8.29. The summed E-state index contributed by atoms with van der Waals surface area (Å²) in [6.07, 6.45) is 0. The molecule has 0 bridgehead atoms. The van der Waals surface area contributed by atoms with Gasteiger partial charge in [0, 0.05) is 32.9 Å². The van der Waals surface area contributed by atoms with Crippen molar-refractivity contribution in [2.45, 2.75) is 13.8 Å². The summed E-state index contributed by atoms with van der Waals surface area (Å²) >= 11 is 0. The number of aromatic carboxylic acids is 2. The third-order valence-corrected chi connectivity index (χ3v) is 5.74. The fourth-order valence-corrected chi connectivity index (χ4v) is 3.96. The molecule has 0 amide bonds. The van der Waals surface area contributed by atoms with E-state index in [1.165, 1.54) is 12.1 Å². The molecule has 0 saturated carbocycles. The molecule has 0 atom stereocenters. The van der Waals surface area contributed by atoms with E-state index >= 15 is 0 Å². The van der Waals surface area contributed by atoms with Crippen molar-refractivity contribution in [2.24, 2.45) is 0 Å². The van der Waals surface area contributed by atoms with E-state index in [-0.39, 0.29) is 33.4 Å². The normalized spacial score (nSPS) is 10.4. The van der Waals surface area contributed by atoms with Crippen LogP contribution >= 0.6 is 0 Å². The van der Waals surface area contributed by atoms with Gasteiger partial charge in [0.05, 0.1) is 45.4 Å². The molecule has 0 aliphatic carbocycles. The molecule has 0 saturated heterocycles. The first-order valence-electron chi connectivity index (χ1n) is 11.1. The van der Waals surface area contributed by atoms with Crippen molar-refractivity contribution >= 4 is 55.6 Å². The van der Waals surface area contributed by atoms with Gasteiger partial charge in [0.15, 0.2) is 0 Å². The zero-order valence-corrected chi connectivity index (χ0v) is 21.2. The Kier molecular flexibility index (Phi) is 8.30. The second-order valence-corrected chi connectivity index (χ2v) is 8.29. The van der Waals surface area contributed by atoms with Crippen molar-refractivity contribution in [3.05, 3.63) is 95.6 Å². The second kappa shape index (κ2) is 11.2. The molecule has 0 aliphatic heterocycles. The molecule has 4 aromatic heterocycles. The monoisotopic (exact) mass is 550 g/mol. The van der Waals surface area contributed by atoms with Gasteiger partial charge in [-0.05, 0) is 38.1 Å². The SMILES string of the molecule is Cc1ccc2ccc3ccc(C(=O)[O-])nc3c2n1.Cc1ccc2ccc3ccc(C(=O)[O-])nc3c2n1.O.[Ni+2]. The van der Waals surface area contributed by atoms with Gasteiger partial charge in [0.1, 0.15) is 0 Å². The number of rotatable bonds is 2. The first-order chi connectivity index (χ1) is 17.3. The molecule has 6 rings (SSSR count). The van der Waals surface area contributed by atoms with Gasteiger partial charge in [0.25, 0.3) is 0 Å². The summed E-state index contributed by atoms with van der Waals surface area (Å²) < 4.78 is 0. The topological polar surface area (TPSA) is 163 Å². The summed E-state index contributed by atoms with van der Waals surface area (Å²) in [5.41, 5.74) is 4.23. The average Bonchev–Trinajstić information content (AvgIpc) is 2.88. The number of aryl methyl sites for hydroxylation is 2. The van der Waals surface area contributed by atoms with E-state index in [4.69, 9.17) is 0 Å². The van der Waals surface area contributed by atoms with Crippen LogP contribution in [0.4, 0.5) is 0 Å². The summed E-state index contributed by atoms with van der Waals surface area (Å²) in [7, 11) is 0. The van der Waals surface area contributed by atoms with E-state index in [0.717, 1.165) is 44.0 Å². The first-order valence-corrected chi connectivity index (χ1v) is 11.1. The number of benzene rings is 2. The minimum absolute atomic E-state index is 0. The quantitative estimate of drug-likeness (QED) is 0.233. The van der Waals surface area contributed by atoms with Crippen molar-refractivity contribution in [2.75, 3.05) is 0 Å². The largest absolute Gasteiger partial charge is 2.00 e. The van der Waals surface area contributed by atoms with Crippen LogP contribution in [0.15, 0.2) is 72.8 Å². The van der Waals surface area contributed by atoms with E-state index in [9.17, 15) is 19.8 Å². The minimum Gasteiger partial charge on any atom is -0.543 e. The molecule has 4 heterocycles. The zero-order chi connectivity index (χ0) is 25.4. The fraction of sp³-hybridized carbons (Fsp3) is 0.0714. The van der Waals surface area contributed by atoms with Crippen LogP contribution in [-0.2, 0) is 16.5 Å². The number of carbonyl (C=O) groups is 2. The Bertz CT molecular complexity index is 1710. The third-order valence-electron chi connectivity index (χ3n) is 5.74. The maximum atomic E-state index is 10.9. The van der Waals surface area contributed by atoms with Crippen LogP contribution in [0.25, 0.3) is 43.6 Å². The number of carboxylic acid groups (broad SMARTS) is 2. The summed E-state index contributed by atoms with van der Waals surface area (Å²) in [5, 5.41) is 25.3. The smallest absolute Gasteiger partial charge is 0.543 e. The summed E-state index contributed by atoms with van der Waals surface area (Å²) in [5.74, 6) is -2.55. The summed E-state index contributed by atoms with van der Waals surface area (Å²) in [6.45, 7) is 3.78. The van der Waals surface area contributed by atoms with Crippen LogP contribution in [0.5, 0.6) is 0 Å². The summed E-state index contributed by atoms with van der Waals surface area (Å²) in [4.78, 5) is 38.8. The maximum Gasteiger partial charge on any atom is 2.00 e. The zero-order valence-electron chi connectivity index (χ0n) is 20.2. The Labute approximate surface area is 226 Å². The maximum absolute atomic E-state index is 10.9. The number of carbonyl (C=O) groups excluding carboxylic acids is 2. The number of pyridine rings is 4. The predicted molar refractivity (Wildman–Crippen MR) is 136 cm³/mol. The van der Waals surface area contributed by atoms with E-state index < -0.39 is 11.9 Å². The third kappa shape index (κ3) is 5.41. The number of nitrogens with zero attached hydrogens (tertiary/aromatic N) is 4. The average molecular weight is 551 g/mol. The standard InChI is InChI=1S/2C14H10N2O2.Ni.H2O/c2*1-8-2-3-9-4-5-10-6-7-11(14(17)18)16-13(10)12(9)15-8;;/h2*2-7H,1H3,(H,17,18);;1H2/q;;+2;/p-2. The molecule has 0 radical (unpaired) electrons. The van der Waals surface area contributed by atoms with Crippen LogP contribution in [0.2, 0.25) is 0 Å². The van der Waals surface area contributed by atoms with Gasteiger partial charge in [-0.2, -0.15) is 0 Å². The minimum atomic E-state index is -1.28. The number of hydrogen-bond acceptors (Lipinski definition) is 8. The fourth-order valence-electron chi connectivity index (χ4n) is 3.96. The van der Waals surface area contributed by atoms with E-state index in [1.54, 1.807) is 12.1 Å². The number of hydrogen-bond donors (Lipinski definition) is 0. The molecule has 6 aromatic rings. The van der Waals surface area contributed by atoms with Crippen molar-refractivity contribution in [1.82, 2.24) is 19.9 Å². The molecule has 0 aliphatic rings. The van der Waals surface area contributed by atoms with Gasteiger partial charge in [-0.1, -0.05) is 48.5 Å². The predicted octanol–water partition coefficient (Wildman–Crippen LogP) is 2.08. The van der Waals surface area contributed by atoms with E-state index in [1.807, 2.05) is 62.4 Å². The molecule has 9 nitrogen and oxygen atoms in total. The van der Waals surface area contributed by atoms with Crippen LogP contribution in [-0.4, -0.2) is 37.4 Å². The van der Waals surface area contributed by atoms with E-state index in [0.29, 0.717) is 11.0 Å². The molecule has 38 heavy (non-hydrogen) atoms. The molecule has 0 unspecified atom stereocenters. The van der Waals surface area contributed by atoms with Crippen LogP contribution in [0, 0.1) is 13.8 Å². The van der Waals surface area contributed by atoms with Crippen LogP contribution < -0.4 is 10.2 Å². The molecule has 192 valence electrons. The molecular weight excluding hydrogens is 531 g/mol. The van der Waals surface area contributed by atoms with Gasteiger partial charge >= 0.3 is 16.5 Å². The Balaban J connectivity index is 0.000000200. The number of aromatic nitrogens is 4. The van der Waals surface area contributed by atoms with Gasteiger partial charge in [-0.15, -0.1) is 0 Å². The molecule has 0 fully saturated rings. The van der Waals surface area contributed by atoms with E-state index in [2.05, 4.69) is 19.9 Å². The van der Waals surface area contributed by atoms with Gasteiger partial charge < -0.3 is 25.3 Å². The van der Waals surface area contributed by atoms with Crippen LogP contribution in [0.1, 0.15) is 32.4 Å². The van der Waals surface area contributed by atoms with Gasteiger partial charge in [-0.3, -0.25) is 9.97 Å². The number of fused-ring (bicyclic) bond motifs is 6. The van der Waals surface area contributed by atoms with Gasteiger partial charge in [0.2, 0.25) is 0 Å². The van der Waals surface area contributed by atoms with Crippen molar-refractivity contribution in [3.63, 3.8) is 0 Å².